The van der Waals surface area contributed by atoms with Crippen LogP contribution in [-0.2, 0) is 27.8 Å². The van der Waals surface area contributed by atoms with Crippen molar-refractivity contribution in [1.82, 2.24) is 39.0 Å². The highest BCUT2D eigenvalue weighted by molar-refractivity contribution is 7.47. The third-order valence-electron chi connectivity index (χ3n) is 6.75. The highest BCUT2D eigenvalue weighted by atomic mass is 31.2. The predicted molar refractivity (Wildman–Crippen MR) is 133 cm³/mol. The van der Waals surface area contributed by atoms with Crippen molar-refractivity contribution in [2.45, 2.75) is 49.3 Å². The van der Waals surface area contributed by atoms with Gasteiger partial charge in [-0.3, -0.25) is 18.2 Å². The molecule has 9 atom stereocenters. The predicted octanol–water partition coefficient (Wildman–Crippen LogP) is -2.05. The van der Waals surface area contributed by atoms with Gasteiger partial charge >= 0.3 is 13.9 Å². The van der Waals surface area contributed by atoms with E-state index in [1.165, 1.54) is 24.3 Å². The van der Waals surface area contributed by atoms with E-state index in [0.717, 1.165) is 10.9 Å². The van der Waals surface area contributed by atoms with Crippen LogP contribution in [0.5, 0.6) is 0 Å². The molecule has 0 spiro atoms. The van der Waals surface area contributed by atoms with Gasteiger partial charge in [0, 0.05) is 7.11 Å². The number of phosphoric acid groups is 1. The quantitative estimate of drug-likeness (QED) is 0.0919. The maximum atomic E-state index is 13.7. The number of hydrogen-bond donors (Lipinski definition) is 6. The Kier molecular flexibility index (Phi) is 7.25. The van der Waals surface area contributed by atoms with Gasteiger partial charge in [0.2, 0.25) is 0 Å². The number of phosphoric ester groups is 1. The molecule has 2 saturated heterocycles. The lowest BCUT2D eigenvalue weighted by Gasteiger charge is -2.23. The van der Waals surface area contributed by atoms with Gasteiger partial charge in [-0.05, 0) is 0 Å². The van der Waals surface area contributed by atoms with Gasteiger partial charge < -0.3 is 45.9 Å². The second-order valence-electron chi connectivity index (χ2n) is 9.29. The Hall–Kier alpha value is -3.50. The van der Waals surface area contributed by atoms with Crippen LogP contribution in [-0.4, -0.2) is 110 Å². The second-order valence-corrected chi connectivity index (χ2v) is 10.7. The molecule has 2 aliphatic rings. The zero-order valence-electron chi connectivity index (χ0n) is 21.4. The van der Waals surface area contributed by atoms with Crippen LogP contribution in [0.15, 0.2) is 19.0 Å². The number of nitrogens with two attached hydrogens (primary N) is 2. The molecule has 5 unspecified atom stereocenters. The molecule has 6 rings (SSSR count). The summed E-state index contributed by atoms with van der Waals surface area (Å²) >= 11 is 0. The summed E-state index contributed by atoms with van der Waals surface area (Å²) in [5.74, 6) is -0.166. The average molecular weight is 614 g/mol. The van der Waals surface area contributed by atoms with Crippen molar-refractivity contribution in [3.63, 3.8) is 0 Å². The van der Waals surface area contributed by atoms with E-state index in [0.29, 0.717) is 0 Å². The molecule has 0 amide bonds. The van der Waals surface area contributed by atoms with Crippen LogP contribution in [0, 0.1) is 6.08 Å². The summed E-state index contributed by atoms with van der Waals surface area (Å²) in [6, 6.07) is 0. The standard InChI is InChI=1S/C20H24FN10O10P/c1-37-19-12(11(34)18(40-19)30-4-26-7-13(22)24-3-25-15(7)30)41-42(35,36)38-2-6-9(32)10(33)17(39-6)31-5-27-8-14(23)28-20(21)29-16(8)31/h3-6,9-12,17-19,32-34H,2H2,1H3,(H,35,36)(H2,22,24,25)(H2,23,28,29)/t6-,9?,10?,11?,12?,17-,18-,19+/m1/s1. The highest BCUT2D eigenvalue weighted by Gasteiger charge is 2.51. The number of nitrogen functional groups attached to an aromatic ring is 2. The van der Waals surface area contributed by atoms with Crippen molar-refractivity contribution in [2.24, 2.45) is 0 Å². The van der Waals surface area contributed by atoms with E-state index in [1.54, 1.807) is 0 Å². The maximum absolute atomic E-state index is 13.7. The molecule has 6 heterocycles. The summed E-state index contributed by atoms with van der Waals surface area (Å²) in [5.41, 5.74) is 11.8. The van der Waals surface area contributed by atoms with E-state index < -0.39 is 69.8 Å². The molecule has 20 nitrogen and oxygen atoms in total. The zero-order valence-corrected chi connectivity index (χ0v) is 22.2. The Labute approximate surface area is 233 Å². The van der Waals surface area contributed by atoms with Gasteiger partial charge in [-0.15, -0.1) is 0 Å². The number of aliphatic hydroxyl groups is 3. The molecule has 4 aromatic rings. The number of methoxy groups -OCH3 is 1. The molecular weight excluding hydrogens is 590 g/mol. The Morgan fingerprint density at radius 3 is 2.33 bits per heavy atom. The molecule has 42 heavy (non-hydrogen) atoms. The monoisotopic (exact) mass is 614 g/mol. The molecule has 0 aromatic carbocycles. The summed E-state index contributed by atoms with van der Waals surface area (Å²) in [6.45, 7) is -0.756. The Bertz CT molecular complexity index is 1680. The third-order valence-corrected chi connectivity index (χ3v) is 7.74. The minimum Gasteiger partial charge on any atom is -0.387 e. The van der Waals surface area contributed by atoms with Gasteiger partial charge in [0.25, 0.3) is 0 Å². The van der Waals surface area contributed by atoms with E-state index in [-0.39, 0.29) is 34.0 Å². The first-order chi connectivity index (χ1) is 20.0. The SMILES string of the molecule is CO[C@H]1O[C@@H](n2cnc3c(N)ncnc32)C(O)C1OP(=O)(O)OC[C@H]1O[C@@H](n2cnc3c(N)nc(F)nc32)C(O)C1O. The normalized spacial score (nSPS) is 31.3. The molecule has 0 bridgehead atoms. The van der Waals surface area contributed by atoms with Crippen molar-refractivity contribution < 1.29 is 52.4 Å². The summed E-state index contributed by atoms with van der Waals surface area (Å²) in [7, 11) is -3.77. The van der Waals surface area contributed by atoms with Gasteiger partial charge in [0.1, 0.15) is 36.3 Å². The summed E-state index contributed by atoms with van der Waals surface area (Å²) in [5, 5.41) is 32.0. The second kappa shape index (κ2) is 10.6. The molecule has 0 saturated carbocycles. The lowest BCUT2D eigenvalue weighted by atomic mass is 10.1. The number of ether oxygens (including phenoxy) is 3. The zero-order chi connectivity index (χ0) is 29.9. The van der Waals surface area contributed by atoms with Crippen molar-refractivity contribution >= 4 is 41.8 Å². The molecular formula is C20H24FN10O10P. The van der Waals surface area contributed by atoms with Crippen molar-refractivity contribution in [1.29, 1.82) is 0 Å². The van der Waals surface area contributed by atoms with E-state index in [2.05, 4.69) is 29.9 Å². The van der Waals surface area contributed by atoms with Crippen LogP contribution in [0.25, 0.3) is 22.3 Å². The van der Waals surface area contributed by atoms with Crippen LogP contribution in [0.4, 0.5) is 16.0 Å². The first-order valence-electron chi connectivity index (χ1n) is 12.1. The number of hydrogen-bond acceptors (Lipinski definition) is 17. The van der Waals surface area contributed by atoms with E-state index in [9.17, 15) is 29.2 Å². The number of aliphatic hydroxyl groups excluding tert-OH is 3. The lowest BCUT2D eigenvalue weighted by Crippen LogP contribution is -2.36. The van der Waals surface area contributed by atoms with Gasteiger partial charge in [0.15, 0.2) is 53.3 Å². The van der Waals surface area contributed by atoms with Crippen LogP contribution >= 0.6 is 7.82 Å². The number of imidazole rings is 2. The minimum atomic E-state index is -4.99. The van der Waals surface area contributed by atoms with Crippen molar-refractivity contribution in [2.75, 3.05) is 25.2 Å². The molecule has 0 radical (unpaired) electrons. The lowest BCUT2D eigenvalue weighted by molar-refractivity contribution is -0.159. The highest BCUT2D eigenvalue weighted by Crippen LogP contribution is 2.49. The van der Waals surface area contributed by atoms with E-state index in [4.69, 9.17) is 34.7 Å². The number of aromatic nitrogens is 8. The van der Waals surface area contributed by atoms with Gasteiger partial charge in [-0.2, -0.15) is 14.4 Å². The smallest absolute Gasteiger partial charge is 0.387 e. The van der Waals surface area contributed by atoms with Crippen LogP contribution in [0.2, 0.25) is 0 Å². The van der Waals surface area contributed by atoms with Crippen LogP contribution < -0.4 is 11.5 Å². The number of anilines is 2. The summed E-state index contributed by atoms with van der Waals surface area (Å²) in [4.78, 5) is 33.4. The number of halogens is 1. The first kappa shape index (κ1) is 28.6. The number of fused-ring (bicyclic) bond motifs is 2. The topological polar surface area (TPSA) is 283 Å². The third kappa shape index (κ3) is 4.84. The number of rotatable bonds is 8. The molecule has 2 aliphatic heterocycles. The molecule has 22 heteroatoms. The molecule has 226 valence electrons. The fraction of sp³-hybridized carbons (Fsp3) is 0.500. The fourth-order valence-corrected chi connectivity index (χ4v) is 5.68. The molecule has 8 N–H and O–H groups in total. The average Bonchev–Trinajstić information content (AvgIpc) is 3.69. The molecule has 0 aliphatic carbocycles. The molecule has 4 aromatic heterocycles. The van der Waals surface area contributed by atoms with Gasteiger partial charge in [-0.1, -0.05) is 0 Å². The number of nitrogens with zero attached hydrogens (tertiary/aromatic N) is 8. The fourth-order valence-electron chi connectivity index (χ4n) is 4.75. The van der Waals surface area contributed by atoms with Crippen molar-refractivity contribution in [3.05, 3.63) is 25.1 Å². The first-order valence-corrected chi connectivity index (χ1v) is 13.6. The van der Waals surface area contributed by atoms with E-state index >= 15 is 0 Å². The Balaban J connectivity index is 1.14. The van der Waals surface area contributed by atoms with E-state index in [1.807, 2.05) is 0 Å². The van der Waals surface area contributed by atoms with Crippen molar-refractivity contribution in [3.8, 4) is 0 Å². The summed E-state index contributed by atoms with van der Waals surface area (Å²) < 4.78 is 55.8. The van der Waals surface area contributed by atoms with Gasteiger partial charge in [-0.25, -0.2) is 24.5 Å². The van der Waals surface area contributed by atoms with Crippen LogP contribution in [0.3, 0.4) is 0 Å². The molecule has 2 fully saturated rings. The Morgan fingerprint density at radius 1 is 0.952 bits per heavy atom. The minimum absolute atomic E-state index is 0.0256. The largest absolute Gasteiger partial charge is 0.472 e. The summed E-state index contributed by atoms with van der Waals surface area (Å²) in [6.07, 6.45) is -9.18. The van der Waals surface area contributed by atoms with Crippen LogP contribution in [0.1, 0.15) is 12.5 Å². The maximum Gasteiger partial charge on any atom is 0.472 e. The van der Waals surface area contributed by atoms with Gasteiger partial charge in [0.05, 0.1) is 19.3 Å². The Morgan fingerprint density at radius 2 is 1.62 bits per heavy atom.